The molecule has 7 heteroatoms. The van der Waals surface area contributed by atoms with E-state index in [4.69, 9.17) is 9.26 Å². The minimum atomic E-state index is -3.60. The Balaban J connectivity index is 1.89. The van der Waals surface area contributed by atoms with E-state index in [1.807, 2.05) is 6.92 Å². The van der Waals surface area contributed by atoms with Gasteiger partial charge in [-0.3, -0.25) is 0 Å². The lowest BCUT2D eigenvalue weighted by molar-refractivity contribution is 0.377. The Hall–Kier alpha value is -2.67. The molecule has 0 bridgehead atoms. The average molecular weight is 358 g/mol. The molecule has 0 spiro atoms. The zero-order chi connectivity index (χ0) is 18.0. The highest BCUT2D eigenvalue weighted by molar-refractivity contribution is 7.91. The van der Waals surface area contributed by atoms with Crippen molar-refractivity contribution in [3.8, 4) is 17.1 Å². The molecule has 6 nitrogen and oxygen atoms in total. The molecule has 1 atom stereocenters. The number of methoxy groups -OCH3 is 1. The molecule has 1 heterocycles. The second kappa shape index (κ2) is 6.68. The van der Waals surface area contributed by atoms with Crippen LogP contribution in [-0.4, -0.2) is 25.7 Å². The molecule has 0 aliphatic carbocycles. The van der Waals surface area contributed by atoms with Crippen LogP contribution in [0, 0.1) is 6.92 Å². The van der Waals surface area contributed by atoms with Gasteiger partial charge < -0.3 is 9.26 Å². The van der Waals surface area contributed by atoms with Crippen LogP contribution in [0.2, 0.25) is 0 Å². The first-order chi connectivity index (χ1) is 11.9. The molecule has 25 heavy (non-hydrogen) atoms. The maximum absolute atomic E-state index is 12.7. The first kappa shape index (κ1) is 17.2. The highest BCUT2D eigenvalue weighted by Crippen LogP contribution is 2.29. The third-order valence-electron chi connectivity index (χ3n) is 3.95. The third kappa shape index (κ3) is 3.41. The molecule has 0 aliphatic heterocycles. The summed E-state index contributed by atoms with van der Waals surface area (Å²) in [6.45, 7) is 3.44. The average Bonchev–Trinajstić information content (AvgIpc) is 3.11. The van der Waals surface area contributed by atoms with Gasteiger partial charge in [0.15, 0.2) is 9.84 Å². The fourth-order valence-corrected chi connectivity index (χ4v) is 3.61. The predicted octanol–water partition coefficient (Wildman–Crippen LogP) is 3.59. The van der Waals surface area contributed by atoms with E-state index in [0.29, 0.717) is 11.6 Å². The molecular formula is C18H18N2O4S. The first-order valence-electron chi connectivity index (χ1n) is 7.70. The van der Waals surface area contributed by atoms with Crippen molar-refractivity contribution < 1.29 is 17.7 Å². The number of sulfone groups is 1. The van der Waals surface area contributed by atoms with Gasteiger partial charge in [0.2, 0.25) is 11.7 Å². The lowest BCUT2D eigenvalue weighted by atomic mass is 10.2. The summed E-state index contributed by atoms with van der Waals surface area (Å²) in [7, 11) is -2.02. The van der Waals surface area contributed by atoms with Gasteiger partial charge in [-0.25, -0.2) is 8.42 Å². The van der Waals surface area contributed by atoms with Gasteiger partial charge in [-0.15, -0.1) is 0 Å². The second-order valence-electron chi connectivity index (χ2n) is 5.69. The van der Waals surface area contributed by atoms with Crippen molar-refractivity contribution in [2.75, 3.05) is 7.11 Å². The number of nitrogens with zero attached hydrogens (tertiary/aromatic N) is 2. The highest BCUT2D eigenvalue weighted by atomic mass is 32.2. The van der Waals surface area contributed by atoms with E-state index in [0.717, 1.165) is 11.1 Å². The maximum Gasteiger partial charge on any atom is 0.245 e. The monoisotopic (exact) mass is 358 g/mol. The number of ether oxygens (including phenoxy) is 1. The van der Waals surface area contributed by atoms with Crippen molar-refractivity contribution in [2.24, 2.45) is 0 Å². The van der Waals surface area contributed by atoms with E-state index in [1.165, 1.54) is 0 Å². The molecule has 3 rings (SSSR count). The Morgan fingerprint density at radius 3 is 2.28 bits per heavy atom. The summed E-state index contributed by atoms with van der Waals surface area (Å²) in [6.07, 6.45) is 0. The van der Waals surface area contributed by atoms with E-state index in [9.17, 15) is 8.42 Å². The molecular weight excluding hydrogens is 340 g/mol. The van der Waals surface area contributed by atoms with Crippen molar-refractivity contribution in [1.29, 1.82) is 0 Å². The smallest absolute Gasteiger partial charge is 0.245 e. The van der Waals surface area contributed by atoms with Gasteiger partial charge in [-0.05, 0) is 50.2 Å². The summed E-state index contributed by atoms with van der Waals surface area (Å²) < 4.78 is 35.8. The van der Waals surface area contributed by atoms with Crippen LogP contribution in [0.4, 0.5) is 0 Å². The molecule has 130 valence electrons. The Labute approximate surface area is 146 Å². The van der Waals surface area contributed by atoms with Gasteiger partial charge in [0.25, 0.3) is 0 Å². The van der Waals surface area contributed by atoms with Crippen LogP contribution in [-0.2, 0) is 9.84 Å². The van der Waals surface area contributed by atoms with Crippen LogP contribution in [0.3, 0.4) is 0 Å². The minimum absolute atomic E-state index is 0.0615. The van der Waals surface area contributed by atoms with Crippen molar-refractivity contribution in [3.05, 3.63) is 60.0 Å². The number of benzene rings is 2. The Bertz CT molecular complexity index is 961. The first-order valence-corrected chi connectivity index (χ1v) is 9.25. The Morgan fingerprint density at radius 2 is 1.68 bits per heavy atom. The lowest BCUT2D eigenvalue weighted by Crippen LogP contribution is -2.11. The molecule has 0 aliphatic rings. The number of hydrogen-bond donors (Lipinski definition) is 0. The Kier molecular flexibility index (Phi) is 4.59. The molecule has 0 radical (unpaired) electrons. The normalized spacial score (nSPS) is 12.8. The highest BCUT2D eigenvalue weighted by Gasteiger charge is 2.30. The van der Waals surface area contributed by atoms with E-state index in [1.54, 1.807) is 62.6 Å². The molecule has 2 aromatic carbocycles. The van der Waals surface area contributed by atoms with E-state index in [-0.39, 0.29) is 10.8 Å². The van der Waals surface area contributed by atoms with Crippen LogP contribution in [0.5, 0.6) is 5.75 Å². The van der Waals surface area contributed by atoms with Crippen LogP contribution in [0.1, 0.15) is 23.6 Å². The zero-order valence-corrected chi connectivity index (χ0v) is 14.9. The summed E-state index contributed by atoms with van der Waals surface area (Å²) in [4.78, 5) is 4.48. The van der Waals surface area contributed by atoms with Gasteiger partial charge in [0.05, 0.1) is 12.0 Å². The van der Waals surface area contributed by atoms with Gasteiger partial charge >= 0.3 is 0 Å². The largest absolute Gasteiger partial charge is 0.497 e. The van der Waals surface area contributed by atoms with Gasteiger partial charge in [0, 0.05) is 5.56 Å². The molecule has 1 aromatic heterocycles. The number of hydrogen-bond acceptors (Lipinski definition) is 6. The minimum Gasteiger partial charge on any atom is -0.497 e. The summed E-state index contributed by atoms with van der Waals surface area (Å²) in [6, 6.07) is 13.8. The van der Waals surface area contributed by atoms with Gasteiger partial charge in [-0.2, -0.15) is 4.98 Å². The van der Waals surface area contributed by atoms with Crippen LogP contribution in [0.25, 0.3) is 11.4 Å². The molecule has 0 amide bonds. The van der Waals surface area contributed by atoms with E-state index < -0.39 is 15.1 Å². The molecule has 0 N–H and O–H groups in total. The van der Waals surface area contributed by atoms with Crippen LogP contribution < -0.4 is 4.74 Å². The van der Waals surface area contributed by atoms with Crippen molar-refractivity contribution >= 4 is 9.84 Å². The summed E-state index contributed by atoms with van der Waals surface area (Å²) in [5.74, 6) is 1.11. The summed E-state index contributed by atoms with van der Waals surface area (Å²) in [5, 5.41) is 2.96. The van der Waals surface area contributed by atoms with E-state index in [2.05, 4.69) is 10.1 Å². The van der Waals surface area contributed by atoms with Crippen LogP contribution >= 0.6 is 0 Å². The molecule has 0 saturated heterocycles. The second-order valence-corrected chi connectivity index (χ2v) is 7.95. The zero-order valence-electron chi connectivity index (χ0n) is 14.1. The van der Waals surface area contributed by atoms with Crippen molar-refractivity contribution in [2.45, 2.75) is 24.0 Å². The topological polar surface area (TPSA) is 82.3 Å². The third-order valence-corrected chi connectivity index (χ3v) is 6.01. The number of aromatic nitrogens is 2. The standard InChI is InChI=1S/C18H18N2O4S/c1-12-4-10-16(11-5-12)25(21,22)13(2)18-19-17(20-24-18)14-6-8-15(23-3)9-7-14/h4-11,13H,1-3H3. The van der Waals surface area contributed by atoms with Crippen molar-refractivity contribution in [3.63, 3.8) is 0 Å². The summed E-state index contributed by atoms with van der Waals surface area (Å²) >= 11 is 0. The molecule has 1 unspecified atom stereocenters. The number of rotatable bonds is 5. The maximum atomic E-state index is 12.7. The summed E-state index contributed by atoms with van der Waals surface area (Å²) in [5.41, 5.74) is 1.71. The fraction of sp³-hybridized carbons (Fsp3) is 0.222. The molecule has 3 aromatic rings. The van der Waals surface area contributed by atoms with E-state index >= 15 is 0 Å². The predicted molar refractivity (Wildman–Crippen MR) is 93.1 cm³/mol. The molecule has 0 saturated carbocycles. The fourth-order valence-electron chi connectivity index (χ4n) is 2.32. The lowest BCUT2D eigenvalue weighted by Gasteiger charge is -2.09. The quantitative estimate of drug-likeness (QED) is 0.693. The van der Waals surface area contributed by atoms with Crippen molar-refractivity contribution in [1.82, 2.24) is 10.1 Å². The van der Waals surface area contributed by atoms with Crippen LogP contribution in [0.15, 0.2) is 57.9 Å². The molecule has 0 fully saturated rings. The SMILES string of the molecule is COc1ccc(-c2noc(C(C)S(=O)(=O)c3ccc(C)cc3)n2)cc1. The Morgan fingerprint density at radius 1 is 1.04 bits per heavy atom. The van der Waals surface area contributed by atoms with Gasteiger partial charge in [0.1, 0.15) is 11.0 Å². The van der Waals surface area contributed by atoms with Gasteiger partial charge in [-0.1, -0.05) is 22.9 Å². The number of aryl methyl sites for hydroxylation is 1.